The molecule has 0 fully saturated rings. The van der Waals surface area contributed by atoms with Gasteiger partial charge in [0.05, 0.1) is 6.33 Å². The maximum atomic E-state index is 12.3. The molecule has 0 aliphatic carbocycles. The van der Waals surface area contributed by atoms with Crippen molar-refractivity contribution >= 4 is 17.1 Å². The Hall–Kier alpha value is -2.58. The van der Waals surface area contributed by atoms with Crippen LogP contribution in [0.25, 0.3) is 11.2 Å². The summed E-state index contributed by atoms with van der Waals surface area (Å²) in [5.74, 6) is -0.331. The number of amides is 1. The third kappa shape index (κ3) is 2.67. The van der Waals surface area contributed by atoms with Crippen LogP contribution >= 0.6 is 0 Å². The van der Waals surface area contributed by atoms with Crippen LogP contribution in [0.5, 0.6) is 0 Å². The van der Waals surface area contributed by atoms with Crippen molar-refractivity contribution in [2.24, 2.45) is 25.0 Å². The van der Waals surface area contributed by atoms with Crippen LogP contribution in [0.1, 0.15) is 19.3 Å². The summed E-state index contributed by atoms with van der Waals surface area (Å²) in [6.07, 6.45) is 3.27. The van der Waals surface area contributed by atoms with Crippen molar-refractivity contribution < 1.29 is 10.0 Å². The van der Waals surface area contributed by atoms with E-state index in [9.17, 15) is 9.59 Å². The summed E-state index contributed by atoms with van der Waals surface area (Å²) in [6.45, 7) is 0.564. The van der Waals surface area contributed by atoms with Gasteiger partial charge in [0.15, 0.2) is 11.2 Å². The van der Waals surface area contributed by atoms with Crippen molar-refractivity contribution in [2.75, 3.05) is 0 Å². The van der Waals surface area contributed by atoms with Crippen LogP contribution in [-0.4, -0.2) is 29.8 Å². The van der Waals surface area contributed by atoms with E-state index in [4.69, 9.17) is 10.9 Å². The van der Waals surface area contributed by atoms with Crippen LogP contribution < -0.4 is 16.9 Å². The zero-order valence-electron chi connectivity index (χ0n) is 12.0. The molecule has 0 bridgehead atoms. The molecule has 2 heterocycles. The maximum absolute atomic E-state index is 12.3. The largest absolute Gasteiger partial charge is 0.408 e. The van der Waals surface area contributed by atoms with Crippen molar-refractivity contribution in [3.8, 4) is 0 Å². The van der Waals surface area contributed by atoms with Gasteiger partial charge in [-0.2, -0.15) is 0 Å². The summed E-state index contributed by atoms with van der Waals surface area (Å²) >= 11 is 0. The van der Waals surface area contributed by atoms with Crippen molar-refractivity contribution in [1.82, 2.24) is 18.7 Å². The Kier molecular flexibility index (Phi) is 4.10. The molecule has 0 radical (unpaired) electrons. The van der Waals surface area contributed by atoms with E-state index in [1.165, 1.54) is 16.2 Å². The van der Waals surface area contributed by atoms with Gasteiger partial charge in [0.25, 0.3) is 11.2 Å². The fourth-order valence-electron chi connectivity index (χ4n) is 2.29. The van der Waals surface area contributed by atoms with Gasteiger partial charge in [0.1, 0.15) is 0 Å². The van der Waals surface area contributed by atoms with Crippen molar-refractivity contribution in [1.29, 1.82) is 0 Å². The van der Waals surface area contributed by atoms with Gasteiger partial charge in [-0.1, -0.05) is 5.16 Å². The fraction of sp³-hybridized carbons (Fsp3) is 0.500. The molecular weight excluding hydrogens is 276 g/mol. The highest BCUT2D eigenvalue weighted by Crippen LogP contribution is 2.07. The van der Waals surface area contributed by atoms with Crippen molar-refractivity contribution in [3.63, 3.8) is 0 Å². The molecule has 0 aliphatic rings. The van der Waals surface area contributed by atoms with Gasteiger partial charge in [-0.25, -0.2) is 4.98 Å². The predicted molar refractivity (Wildman–Crippen MR) is 74.3 cm³/mol. The van der Waals surface area contributed by atoms with Gasteiger partial charge in [0, 0.05) is 27.1 Å². The number of primary amides is 1. The SMILES string of the molecule is Cn1c(=O)c2c(ncn2CCCCC(N)=O)n(C)c1=NO. The smallest absolute Gasteiger partial charge is 0.280 e. The van der Waals surface area contributed by atoms with E-state index in [1.54, 1.807) is 17.9 Å². The predicted octanol–water partition coefficient (Wildman–Crippen LogP) is -0.981. The lowest BCUT2D eigenvalue weighted by molar-refractivity contribution is -0.118. The van der Waals surface area contributed by atoms with Gasteiger partial charge in [-0.05, 0) is 12.8 Å². The van der Waals surface area contributed by atoms with E-state index >= 15 is 0 Å². The van der Waals surface area contributed by atoms with E-state index in [-0.39, 0.29) is 17.1 Å². The molecule has 9 nitrogen and oxygen atoms in total. The Bertz CT molecular complexity index is 798. The maximum Gasteiger partial charge on any atom is 0.280 e. The van der Waals surface area contributed by atoms with Crippen LogP contribution in [0, 0.1) is 0 Å². The normalized spacial score (nSPS) is 12.2. The first kappa shape index (κ1) is 14.8. The zero-order valence-corrected chi connectivity index (χ0v) is 12.0. The molecule has 3 N–H and O–H groups in total. The Labute approximate surface area is 119 Å². The highest BCUT2D eigenvalue weighted by molar-refractivity contribution is 5.73. The molecule has 9 heteroatoms. The lowest BCUT2D eigenvalue weighted by Gasteiger charge is -2.07. The Morgan fingerprint density at radius 2 is 2.10 bits per heavy atom. The molecule has 0 atom stereocenters. The second kappa shape index (κ2) is 5.81. The lowest BCUT2D eigenvalue weighted by Crippen LogP contribution is -2.38. The second-order valence-corrected chi connectivity index (χ2v) is 4.86. The van der Waals surface area contributed by atoms with E-state index in [1.807, 2.05) is 0 Å². The standard InChI is InChI=1S/C12H18N6O3/c1-16-10-9(11(20)17(2)12(16)15-21)18(7-14-10)6-4-3-5-8(13)19/h7,21H,3-6H2,1-2H3,(H2,13,19). The Morgan fingerprint density at radius 1 is 1.38 bits per heavy atom. The van der Waals surface area contributed by atoms with E-state index in [0.717, 1.165) is 0 Å². The molecule has 114 valence electrons. The topological polar surface area (TPSA) is 120 Å². The molecule has 0 unspecified atom stereocenters. The van der Waals surface area contributed by atoms with E-state index in [2.05, 4.69) is 10.1 Å². The summed E-state index contributed by atoms with van der Waals surface area (Å²) < 4.78 is 4.53. The molecule has 0 aliphatic heterocycles. The summed E-state index contributed by atoms with van der Waals surface area (Å²) in [7, 11) is 3.20. The molecule has 2 rings (SSSR count). The number of aromatic nitrogens is 4. The number of carbonyl (C=O) groups is 1. The van der Waals surface area contributed by atoms with Crippen LogP contribution in [0.15, 0.2) is 16.3 Å². The zero-order chi connectivity index (χ0) is 15.6. The summed E-state index contributed by atoms with van der Waals surface area (Å²) in [5.41, 5.74) is 5.80. The number of fused-ring (bicyclic) bond motifs is 1. The molecule has 1 amide bonds. The number of rotatable bonds is 5. The van der Waals surface area contributed by atoms with E-state index in [0.29, 0.717) is 37.0 Å². The molecule has 0 saturated heterocycles. The highest BCUT2D eigenvalue weighted by Gasteiger charge is 2.13. The number of imidazole rings is 1. The monoisotopic (exact) mass is 294 g/mol. The fourth-order valence-corrected chi connectivity index (χ4v) is 2.29. The molecule has 0 spiro atoms. The van der Waals surface area contributed by atoms with Crippen molar-refractivity contribution in [3.05, 3.63) is 22.3 Å². The van der Waals surface area contributed by atoms with Gasteiger partial charge in [0.2, 0.25) is 5.91 Å². The Balaban J connectivity index is 2.40. The third-order valence-electron chi connectivity index (χ3n) is 3.40. The number of aryl methyl sites for hydroxylation is 2. The minimum Gasteiger partial charge on any atom is -0.408 e. The third-order valence-corrected chi connectivity index (χ3v) is 3.40. The number of nitrogens with zero attached hydrogens (tertiary/aromatic N) is 5. The number of nitrogens with two attached hydrogens (primary N) is 1. The van der Waals surface area contributed by atoms with Gasteiger partial charge in [-0.15, -0.1) is 0 Å². The first-order valence-electron chi connectivity index (χ1n) is 6.54. The van der Waals surface area contributed by atoms with E-state index < -0.39 is 0 Å². The number of hydrogen-bond acceptors (Lipinski definition) is 5. The summed E-state index contributed by atoms with van der Waals surface area (Å²) in [6, 6.07) is 0. The number of hydrogen-bond donors (Lipinski definition) is 2. The molecule has 2 aromatic heterocycles. The second-order valence-electron chi connectivity index (χ2n) is 4.86. The van der Waals surface area contributed by atoms with Crippen LogP contribution in [0.2, 0.25) is 0 Å². The van der Waals surface area contributed by atoms with Gasteiger partial charge >= 0.3 is 0 Å². The minimum atomic E-state index is -0.331. The molecule has 0 aromatic carbocycles. The van der Waals surface area contributed by atoms with Crippen LogP contribution in [0.3, 0.4) is 0 Å². The number of carbonyl (C=O) groups excluding carboxylic acids is 1. The first-order chi connectivity index (χ1) is 9.97. The first-order valence-corrected chi connectivity index (χ1v) is 6.54. The van der Waals surface area contributed by atoms with Crippen LogP contribution in [0.4, 0.5) is 0 Å². The average molecular weight is 294 g/mol. The summed E-state index contributed by atoms with van der Waals surface area (Å²) in [5, 5.41) is 12.1. The van der Waals surface area contributed by atoms with Crippen molar-refractivity contribution in [2.45, 2.75) is 25.8 Å². The summed E-state index contributed by atoms with van der Waals surface area (Å²) in [4.78, 5) is 27.2. The molecule has 2 aromatic rings. The number of unbranched alkanes of at least 4 members (excludes halogenated alkanes) is 1. The highest BCUT2D eigenvalue weighted by atomic mass is 16.4. The quantitative estimate of drug-likeness (QED) is 0.418. The molecule has 21 heavy (non-hydrogen) atoms. The van der Waals surface area contributed by atoms with Gasteiger partial charge < -0.3 is 15.5 Å². The Morgan fingerprint density at radius 3 is 2.71 bits per heavy atom. The average Bonchev–Trinajstić information content (AvgIpc) is 2.86. The van der Waals surface area contributed by atoms with Gasteiger partial charge in [-0.3, -0.25) is 18.7 Å². The molecule has 0 saturated carbocycles. The molecular formula is C12H18N6O3. The lowest BCUT2D eigenvalue weighted by atomic mass is 10.2. The van der Waals surface area contributed by atoms with Crippen LogP contribution in [-0.2, 0) is 25.4 Å². The minimum absolute atomic E-state index is 0.117.